The molecule has 2 aromatic rings. The summed E-state index contributed by atoms with van der Waals surface area (Å²) in [5, 5.41) is 23.0. The van der Waals surface area contributed by atoms with E-state index >= 15 is 0 Å². The third kappa shape index (κ3) is 5.57. The zero-order valence-electron chi connectivity index (χ0n) is 13.2. The Morgan fingerprint density at radius 2 is 2.22 bits per heavy atom. The number of rotatable bonds is 8. The molecule has 0 bridgehead atoms. The van der Waals surface area contributed by atoms with Crippen molar-refractivity contribution < 1.29 is 9.90 Å². The van der Waals surface area contributed by atoms with Gasteiger partial charge < -0.3 is 10.4 Å². The molecular formula is C15H21N5O2S. The Labute approximate surface area is 139 Å². The molecule has 0 aliphatic rings. The van der Waals surface area contributed by atoms with Crippen LogP contribution in [-0.2, 0) is 0 Å². The SMILES string of the molecule is CC(C)(CO)CCCNc1ccc(C(=O)Nc2nncs2)cn1. The molecule has 124 valence electrons. The number of anilines is 2. The van der Waals surface area contributed by atoms with Crippen LogP contribution in [-0.4, -0.2) is 39.3 Å². The van der Waals surface area contributed by atoms with Crippen molar-refractivity contribution in [2.45, 2.75) is 26.7 Å². The number of hydrogen-bond donors (Lipinski definition) is 3. The lowest BCUT2D eigenvalue weighted by Crippen LogP contribution is -2.18. The summed E-state index contributed by atoms with van der Waals surface area (Å²) in [7, 11) is 0. The number of aliphatic hydroxyl groups is 1. The monoisotopic (exact) mass is 335 g/mol. The molecule has 0 atom stereocenters. The van der Waals surface area contributed by atoms with Crippen LogP contribution in [0.3, 0.4) is 0 Å². The van der Waals surface area contributed by atoms with Gasteiger partial charge in [0.05, 0.1) is 5.56 Å². The molecule has 2 rings (SSSR count). The first-order valence-electron chi connectivity index (χ1n) is 7.38. The Morgan fingerprint density at radius 1 is 1.39 bits per heavy atom. The number of hydrogen-bond acceptors (Lipinski definition) is 7. The molecule has 2 heterocycles. The van der Waals surface area contributed by atoms with Crippen LogP contribution in [0.15, 0.2) is 23.8 Å². The molecule has 2 aromatic heterocycles. The Balaban J connectivity index is 1.79. The van der Waals surface area contributed by atoms with Crippen LogP contribution in [0.4, 0.5) is 10.9 Å². The van der Waals surface area contributed by atoms with E-state index in [1.165, 1.54) is 17.5 Å². The molecule has 0 aliphatic heterocycles. The minimum absolute atomic E-state index is 0.0538. The minimum Gasteiger partial charge on any atom is -0.396 e. The number of carbonyl (C=O) groups is 1. The van der Waals surface area contributed by atoms with Gasteiger partial charge >= 0.3 is 0 Å². The predicted molar refractivity (Wildman–Crippen MR) is 90.7 cm³/mol. The maximum absolute atomic E-state index is 12.0. The van der Waals surface area contributed by atoms with Crippen molar-refractivity contribution in [3.8, 4) is 0 Å². The lowest BCUT2D eigenvalue weighted by atomic mass is 9.89. The number of amides is 1. The Hall–Kier alpha value is -2.06. The highest BCUT2D eigenvalue weighted by atomic mass is 32.1. The number of nitrogens with zero attached hydrogens (tertiary/aromatic N) is 3. The number of aromatic nitrogens is 3. The van der Waals surface area contributed by atoms with Gasteiger partial charge in [-0.3, -0.25) is 10.1 Å². The predicted octanol–water partition coefficient (Wildman–Crippen LogP) is 2.40. The van der Waals surface area contributed by atoms with Crippen LogP contribution in [0.2, 0.25) is 0 Å². The van der Waals surface area contributed by atoms with Crippen molar-refractivity contribution >= 4 is 28.2 Å². The maximum atomic E-state index is 12.0. The van der Waals surface area contributed by atoms with E-state index in [9.17, 15) is 9.90 Å². The van der Waals surface area contributed by atoms with Crippen LogP contribution < -0.4 is 10.6 Å². The van der Waals surface area contributed by atoms with Gasteiger partial charge in [-0.1, -0.05) is 25.2 Å². The minimum atomic E-state index is -0.259. The average Bonchev–Trinajstić information content (AvgIpc) is 3.05. The first-order valence-corrected chi connectivity index (χ1v) is 8.26. The number of aliphatic hydroxyl groups excluding tert-OH is 1. The van der Waals surface area contributed by atoms with Gasteiger partial charge in [-0.25, -0.2) is 4.98 Å². The molecular weight excluding hydrogens is 314 g/mol. The van der Waals surface area contributed by atoms with Crippen LogP contribution in [0.5, 0.6) is 0 Å². The van der Waals surface area contributed by atoms with E-state index in [1.807, 2.05) is 13.8 Å². The molecule has 8 heteroatoms. The molecule has 1 amide bonds. The second-order valence-electron chi connectivity index (χ2n) is 5.98. The Morgan fingerprint density at radius 3 is 2.83 bits per heavy atom. The highest BCUT2D eigenvalue weighted by molar-refractivity contribution is 7.13. The quantitative estimate of drug-likeness (QED) is 0.641. The van der Waals surface area contributed by atoms with E-state index in [-0.39, 0.29) is 17.9 Å². The first kappa shape index (κ1) is 17.3. The Bertz CT molecular complexity index is 613. The molecule has 0 saturated carbocycles. The smallest absolute Gasteiger partial charge is 0.259 e. The standard InChI is InChI=1S/C15H21N5O2S/c1-15(2,9-21)6-3-7-16-12-5-4-11(8-17-12)13(22)19-14-20-18-10-23-14/h4-5,8,10,21H,3,6-7,9H2,1-2H3,(H,16,17)(H,19,20,22). The van der Waals surface area contributed by atoms with Gasteiger partial charge in [-0.05, 0) is 30.4 Å². The largest absolute Gasteiger partial charge is 0.396 e. The zero-order chi connectivity index (χ0) is 16.7. The number of carbonyl (C=O) groups excluding carboxylic acids is 1. The summed E-state index contributed by atoms with van der Waals surface area (Å²) in [6.45, 7) is 5.03. The van der Waals surface area contributed by atoms with Crippen LogP contribution in [0.25, 0.3) is 0 Å². The second kappa shape index (κ2) is 7.98. The first-order chi connectivity index (χ1) is 11.0. The van der Waals surface area contributed by atoms with Gasteiger partial charge in [0.25, 0.3) is 5.91 Å². The topological polar surface area (TPSA) is 100 Å². The summed E-state index contributed by atoms with van der Waals surface area (Å²) in [4.78, 5) is 16.2. The molecule has 0 spiro atoms. The molecule has 0 radical (unpaired) electrons. The molecule has 0 unspecified atom stereocenters. The van der Waals surface area contributed by atoms with Crippen molar-refractivity contribution in [1.82, 2.24) is 15.2 Å². The van der Waals surface area contributed by atoms with Crippen LogP contribution in [0, 0.1) is 5.41 Å². The fraction of sp³-hybridized carbons (Fsp3) is 0.467. The third-order valence-electron chi connectivity index (χ3n) is 3.37. The van der Waals surface area contributed by atoms with Crippen molar-refractivity contribution in [3.05, 3.63) is 29.4 Å². The summed E-state index contributed by atoms with van der Waals surface area (Å²) >= 11 is 1.26. The molecule has 0 aliphatic carbocycles. The van der Waals surface area contributed by atoms with E-state index in [2.05, 4.69) is 25.8 Å². The number of pyridine rings is 1. The van der Waals surface area contributed by atoms with Gasteiger partial charge in [-0.15, -0.1) is 10.2 Å². The van der Waals surface area contributed by atoms with Crippen molar-refractivity contribution in [2.24, 2.45) is 5.41 Å². The Kier molecular flexibility index (Phi) is 6.00. The van der Waals surface area contributed by atoms with Gasteiger partial charge in [0.1, 0.15) is 11.3 Å². The van der Waals surface area contributed by atoms with E-state index in [0.29, 0.717) is 10.7 Å². The number of nitrogens with one attached hydrogen (secondary N) is 2. The van der Waals surface area contributed by atoms with E-state index in [4.69, 9.17) is 0 Å². The fourth-order valence-corrected chi connectivity index (χ4v) is 2.33. The fourth-order valence-electron chi connectivity index (χ4n) is 1.89. The van der Waals surface area contributed by atoms with Gasteiger partial charge in [0.2, 0.25) is 5.13 Å². The molecule has 0 fully saturated rings. The molecule has 0 aromatic carbocycles. The molecule has 3 N–H and O–H groups in total. The maximum Gasteiger partial charge on any atom is 0.259 e. The molecule has 7 nitrogen and oxygen atoms in total. The van der Waals surface area contributed by atoms with Crippen molar-refractivity contribution in [3.63, 3.8) is 0 Å². The van der Waals surface area contributed by atoms with E-state index in [1.54, 1.807) is 17.6 Å². The summed E-state index contributed by atoms with van der Waals surface area (Å²) in [6, 6.07) is 3.48. The van der Waals surface area contributed by atoms with Crippen LogP contribution >= 0.6 is 11.3 Å². The van der Waals surface area contributed by atoms with Gasteiger partial charge in [-0.2, -0.15) is 0 Å². The molecule has 0 saturated heterocycles. The summed E-state index contributed by atoms with van der Waals surface area (Å²) < 4.78 is 0. The van der Waals surface area contributed by atoms with E-state index < -0.39 is 0 Å². The highest BCUT2D eigenvalue weighted by Gasteiger charge is 2.15. The summed E-state index contributed by atoms with van der Waals surface area (Å²) in [5.74, 6) is 0.463. The second-order valence-corrected chi connectivity index (χ2v) is 6.82. The highest BCUT2D eigenvalue weighted by Crippen LogP contribution is 2.20. The normalized spacial score (nSPS) is 11.3. The summed E-state index contributed by atoms with van der Waals surface area (Å²) in [5.41, 5.74) is 1.97. The third-order valence-corrected chi connectivity index (χ3v) is 3.98. The van der Waals surface area contributed by atoms with E-state index in [0.717, 1.165) is 25.2 Å². The van der Waals surface area contributed by atoms with Crippen LogP contribution in [0.1, 0.15) is 37.0 Å². The van der Waals surface area contributed by atoms with Gasteiger partial charge in [0.15, 0.2) is 0 Å². The zero-order valence-corrected chi connectivity index (χ0v) is 14.1. The van der Waals surface area contributed by atoms with Crippen molar-refractivity contribution in [2.75, 3.05) is 23.8 Å². The lowest BCUT2D eigenvalue weighted by molar-refractivity contribution is 0.102. The lowest BCUT2D eigenvalue weighted by Gasteiger charge is -2.21. The average molecular weight is 335 g/mol. The van der Waals surface area contributed by atoms with Crippen molar-refractivity contribution in [1.29, 1.82) is 0 Å². The van der Waals surface area contributed by atoms with Gasteiger partial charge in [0, 0.05) is 19.3 Å². The summed E-state index contributed by atoms with van der Waals surface area (Å²) in [6.07, 6.45) is 3.39. The molecule has 23 heavy (non-hydrogen) atoms.